The number of piperidine rings is 1. The summed E-state index contributed by atoms with van der Waals surface area (Å²) in [6.07, 6.45) is -0.161. The van der Waals surface area contributed by atoms with Crippen molar-refractivity contribution in [3.63, 3.8) is 0 Å². The van der Waals surface area contributed by atoms with Crippen LogP contribution in [0.15, 0.2) is 60.9 Å². The molecule has 2 saturated heterocycles. The number of hydrogen-bond donors (Lipinski definition) is 1. The number of anilines is 2. The van der Waals surface area contributed by atoms with Gasteiger partial charge in [-0.05, 0) is 42.5 Å². The van der Waals surface area contributed by atoms with Gasteiger partial charge >= 0.3 is 12.3 Å². The van der Waals surface area contributed by atoms with Crippen LogP contribution in [-0.2, 0) is 10.9 Å². The van der Waals surface area contributed by atoms with Crippen LogP contribution in [0, 0.1) is 0 Å². The Kier molecular flexibility index (Phi) is 5.09. The molecule has 1 amide bonds. The van der Waals surface area contributed by atoms with E-state index in [4.69, 9.17) is 4.74 Å². The monoisotopic (exact) mass is 494 g/mol. The van der Waals surface area contributed by atoms with Gasteiger partial charge in [-0.3, -0.25) is 4.90 Å². The number of aromatic amines is 1. The zero-order valence-electron chi connectivity index (χ0n) is 19.0. The fraction of sp³-hybridized carbons (Fsp3) is 0.280. The van der Waals surface area contributed by atoms with E-state index < -0.39 is 17.3 Å². The van der Waals surface area contributed by atoms with Crippen LogP contribution in [0.2, 0.25) is 0 Å². The topological polar surface area (TPSA) is 87.2 Å². The summed E-state index contributed by atoms with van der Waals surface area (Å²) < 4.78 is 44.8. The minimum Gasteiger partial charge on any atom is -0.440 e. The summed E-state index contributed by atoms with van der Waals surface area (Å²) in [6, 6.07) is 12.6. The summed E-state index contributed by atoms with van der Waals surface area (Å²) >= 11 is 0. The number of nitrogens with one attached hydrogen (secondary N) is 1. The molecule has 2 aliphatic heterocycles. The average molecular weight is 494 g/mol. The normalized spacial score (nSPS) is 17.7. The van der Waals surface area contributed by atoms with E-state index in [1.807, 2.05) is 18.2 Å². The van der Waals surface area contributed by atoms with Gasteiger partial charge in [0.25, 0.3) is 0 Å². The smallest absolute Gasteiger partial charge is 0.416 e. The summed E-state index contributed by atoms with van der Waals surface area (Å²) in [4.78, 5) is 32.4. The molecule has 0 aliphatic carbocycles. The van der Waals surface area contributed by atoms with E-state index in [-0.39, 0.29) is 6.09 Å². The SMILES string of the molecule is O=C1OC2(CCN(c3ccc(-c4nc5ccc(C(F)(F)F)cc5[nH]4)cn3)CC2)CN1c1ccccn1. The Balaban J connectivity index is 1.14. The number of carbonyl (C=O) groups excluding carboxylic acids is 1. The van der Waals surface area contributed by atoms with Gasteiger partial charge in [0, 0.05) is 43.9 Å². The molecule has 11 heteroatoms. The Morgan fingerprint density at radius 2 is 1.83 bits per heavy atom. The molecule has 36 heavy (non-hydrogen) atoms. The fourth-order valence-electron chi connectivity index (χ4n) is 4.75. The molecule has 0 radical (unpaired) electrons. The maximum absolute atomic E-state index is 13.0. The Bertz CT molecular complexity index is 1410. The molecule has 1 N–H and O–H groups in total. The number of fused-ring (bicyclic) bond motifs is 1. The van der Waals surface area contributed by atoms with Crippen LogP contribution in [0.5, 0.6) is 0 Å². The molecule has 6 rings (SSSR count). The second kappa shape index (κ2) is 8.21. The number of rotatable bonds is 3. The van der Waals surface area contributed by atoms with Crippen LogP contribution >= 0.6 is 0 Å². The van der Waals surface area contributed by atoms with Crippen molar-refractivity contribution in [3.05, 3.63) is 66.5 Å². The molecule has 1 spiro atoms. The predicted octanol–water partition coefficient (Wildman–Crippen LogP) is 5.03. The van der Waals surface area contributed by atoms with Gasteiger partial charge in [-0.2, -0.15) is 13.2 Å². The first kappa shape index (κ1) is 22.3. The number of benzene rings is 1. The Morgan fingerprint density at radius 3 is 2.53 bits per heavy atom. The van der Waals surface area contributed by atoms with E-state index in [9.17, 15) is 18.0 Å². The molecule has 2 fully saturated rings. The number of halogens is 3. The van der Waals surface area contributed by atoms with Gasteiger partial charge in [0.1, 0.15) is 23.1 Å². The van der Waals surface area contributed by atoms with Crippen molar-refractivity contribution in [2.75, 3.05) is 29.4 Å². The molecule has 0 saturated carbocycles. The zero-order valence-corrected chi connectivity index (χ0v) is 19.0. The van der Waals surface area contributed by atoms with Crippen molar-refractivity contribution in [1.29, 1.82) is 0 Å². The van der Waals surface area contributed by atoms with Gasteiger partial charge in [0.2, 0.25) is 0 Å². The predicted molar refractivity (Wildman–Crippen MR) is 127 cm³/mol. The lowest BCUT2D eigenvalue weighted by Gasteiger charge is -2.37. The molecule has 3 aromatic heterocycles. The molecule has 0 atom stereocenters. The first-order chi connectivity index (χ1) is 17.3. The fourth-order valence-corrected chi connectivity index (χ4v) is 4.75. The summed E-state index contributed by atoms with van der Waals surface area (Å²) in [5.41, 5.74) is 0.171. The quantitative estimate of drug-likeness (QED) is 0.430. The van der Waals surface area contributed by atoms with E-state index >= 15 is 0 Å². The standard InChI is InChI=1S/C25H21F3N6O2/c26-25(27,28)17-5-6-18-19(13-17)32-22(31-18)16-4-7-20(30-14-16)33-11-8-24(9-12-33)15-34(23(35)36-24)21-3-1-2-10-29-21/h1-7,10,13-14H,8-9,11-12,15H2,(H,31,32). The summed E-state index contributed by atoms with van der Waals surface area (Å²) in [5.74, 6) is 1.81. The van der Waals surface area contributed by atoms with Crippen LogP contribution in [0.4, 0.5) is 29.6 Å². The second-order valence-corrected chi connectivity index (χ2v) is 9.03. The van der Waals surface area contributed by atoms with Crippen molar-refractivity contribution < 1.29 is 22.7 Å². The first-order valence-electron chi connectivity index (χ1n) is 11.5. The van der Waals surface area contributed by atoms with Gasteiger partial charge < -0.3 is 14.6 Å². The minimum atomic E-state index is -4.41. The molecule has 8 nitrogen and oxygen atoms in total. The summed E-state index contributed by atoms with van der Waals surface area (Å²) in [7, 11) is 0. The number of H-pyrrole nitrogens is 1. The lowest BCUT2D eigenvalue weighted by Crippen LogP contribution is -2.47. The van der Waals surface area contributed by atoms with Crippen LogP contribution in [0.1, 0.15) is 18.4 Å². The van der Waals surface area contributed by atoms with Gasteiger partial charge in [-0.15, -0.1) is 0 Å². The van der Waals surface area contributed by atoms with Crippen LogP contribution in [0.25, 0.3) is 22.4 Å². The number of carbonyl (C=O) groups is 1. The number of ether oxygens (including phenoxy) is 1. The molecular formula is C25H21F3N6O2. The van der Waals surface area contributed by atoms with Crippen LogP contribution in [0.3, 0.4) is 0 Å². The third-order valence-corrected chi connectivity index (χ3v) is 6.73. The van der Waals surface area contributed by atoms with E-state index in [2.05, 4.69) is 24.8 Å². The maximum atomic E-state index is 13.0. The number of pyridine rings is 2. The van der Waals surface area contributed by atoms with Crippen LogP contribution < -0.4 is 9.80 Å². The van der Waals surface area contributed by atoms with Crippen molar-refractivity contribution in [2.45, 2.75) is 24.6 Å². The van der Waals surface area contributed by atoms with E-state index in [1.54, 1.807) is 29.4 Å². The highest BCUT2D eigenvalue weighted by molar-refractivity contribution is 5.89. The largest absolute Gasteiger partial charge is 0.440 e. The Morgan fingerprint density at radius 1 is 1.00 bits per heavy atom. The zero-order chi connectivity index (χ0) is 24.9. The molecule has 0 unspecified atom stereocenters. The third kappa shape index (κ3) is 4.00. The number of amides is 1. The van der Waals surface area contributed by atoms with Crippen molar-refractivity contribution in [2.24, 2.45) is 0 Å². The third-order valence-electron chi connectivity index (χ3n) is 6.73. The van der Waals surface area contributed by atoms with E-state index in [0.29, 0.717) is 60.7 Å². The minimum absolute atomic E-state index is 0.316. The highest BCUT2D eigenvalue weighted by Crippen LogP contribution is 2.36. The lowest BCUT2D eigenvalue weighted by atomic mass is 9.91. The van der Waals surface area contributed by atoms with Crippen molar-refractivity contribution in [1.82, 2.24) is 19.9 Å². The number of aromatic nitrogens is 4. The number of nitrogens with zero attached hydrogens (tertiary/aromatic N) is 5. The maximum Gasteiger partial charge on any atom is 0.416 e. The Labute approximate surface area is 203 Å². The van der Waals surface area contributed by atoms with Gasteiger partial charge in [-0.25, -0.2) is 19.7 Å². The Hall–Kier alpha value is -4.15. The molecule has 0 bridgehead atoms. The highest BCUT2D eigenvalue weighted by Gasteiger charge is 2.48. The van der Waals surface area contributed by atoms with Crippen molar-refractivity contribution in [3.8, 4) is 11.4 Å². The summed E-state index contributed by atoms with van der Waals surface area (Å²) in [6.45, 7) is 1.80. The number of alkyl halides is 3. The molecule has 4 aromatic rings. The number of imidazole rings is 1. The van der Waals surface area contributed by atoms with Gasteiger partial charge in [-0.1, -0.05) is 6.07 Å². The molecular weight excluding hydrogens is 473 g/mol. The molecule has 5 heterocycles. The van der Waals surface area contributed by atoms with Crippen LogP contribution in [-0.4, -0.2) is 51.3 Å². The average Bonchev–Trinajstić information content (AvgIpc) is 3.45. The van der Waals surface area contributed by atoms with Crippen molar-refractivity contribution >= 4 is 28.8 Å². The van der Waals surface area contributed by atoms with Gasteiger partial charge in [0.05, 0.1) is 23.1 Å². The second-order valence-electron chi connectivity index (χ2n) is 9.03. The molecule has 2 aliphatic rings. The number of hydrogen-bond acceptors (Lipinski definition) is 6. The summed E-state index contributed by atoms with van der Waals surface area (Å²) in [5, 5.41) is 0. The first-order valence-corrected chi connectivity index (χ1v) is 11.5. The molecule has 184 valence electrons. The van der Waals surface area contributed by atoms with E-state index in [1.165, 1.54) is 6.07 Å². The van der Waals surface area contributed by atoms with Gasteiger partial charge in [0.15, 0.2) is 0 Å². The highest BCUT2D eigenvalue weighted by atomic mass is 19.4. The van der Waals surface area contributed by atoms with E-state index in [0.717, 1.165) is 18.0 Å². The lowest BCUT2D eigenvalue weighted by molar-refractivity contribution is -0.137. The molecule has 1 aromatic carbocycles.